The lowest BCUT2D eigenvalue weighted by Crippen LogP contribution is -2.34. The van der Waals surface area contributed by atoms with Crippen LogP contribution >= 0.6 is 0 Å². The summed E-state index contributed by atoms with van der Waals surface area (Å²) in [5, 5.41) is 9.21. The number of carboxylic acid groups (broad SMARTS) is 1. The largest absolute Gasteiger partial charge is 0.481 e. The molecule has 0 radical (unpaired) electrons. The van der Waals surface area contributed by atoms with Crippen LogP contribution in [0.2, 0.25) is 0 Å². The van der Waals surface area contributed by atoms with Crippen molar-refractivity contribution in [3.63, 3.8) is 0 Å². The van der Waals surface area contributed by atoms with Gasteiger partial charge in [0.05, 0.1) is 5.92 Å². The molecule has 1 saturated carbocycles. The summed E-state index contributed by atoms with van der Waals surface area (Å²) in [7, 11) is 0. The quantitative estimate of drug-likeness (QED) is 0.769. The van der Waals surface area contributed by atoms with E-state index >= 15 is 0 Å². The first kappa shape index (κ1) is 13.9. The molecule has 0 aromatic heterocycles. The van der Waals surface area contributed by atoms with Gasteiger partial charge >= 0.3 is 5.97 Å². The normalized spacial score (nSPS) is 37.4. The topological polar surface area (TPSA) is 40.5 Å². The fourth-order valence-corrected chi connectivity index (χ4v) is 3.63. The second-order valence-electron chi connectivity index (χ2n) is 7.12. The molecule has 0 amide bonds. The van der Waals surface area contributed by atoms with E-state index < -0.39 is 5.97 Å². The van der Waals surface area contributed by atoms with Crippen molar-refractivity contribution in [2.75, 3.05) is 13.1 Å². The molecule has 1 unspecified atom stereocenters. The zero-order chi connectivity index (χ0) is 13.3. The molecule has 1 heterocycles. The van der Waals surface area contributed by atoms with Crippen LogP contribution < -0.4 is 0 Å². The third kappa shape index (κ3) is 3.05. The van der Waals surface area contributed by atoms with Gasteiger partial charge in [-0.05, 0) is 37.0 Å². The highest BCUT2D eigenvalue weighted by molar-refractivity contribution is 5.71. The second kappa shape index (κ2) is 5.20. The minimum atomic E-state index is -0.612. The second-order valence-corrected chi connectivity index (χ2v) is 7.12. The molecule has 3 heteroatoms. The van der Waals surface area contributed by atoms with E-state index in [9.17, 15) is 9.90 Å². The summed E-state index contributed by atoms with van der Waals surface area (Å²) in [4.78, 5) is 13.6. The van der Waals surface area contributed by atoms with Crippen molar-refractivity contribution in [2.24, 2.45) is 17.3 Å². The maximum absolute atomic E-state index is 11.2. The molecular formula is C15H27NO2. The van der Waals surface area contributed by atoms with Gasteiger partial charge in [0.15, 0.2) is 0 Å². The van der Waals surface area contributed by atoms with Gasteiger partial charge in [-0.1, -0.05) is 27.2 Å². The molecule has 1 aliphatic carbocycles. The molecule has 1 saturated heterocycles. The van der Waals surface area contributed by atoms with Gasteiger partial charge in [0.25, 0.3) is 0 Å². The van der Waals surface area contributed by atoms with E-state index in [-0.39, 0.29) is 5.92 Å². The minimum Gasteiger partial charge on any atom is -0.481 e. The van der Waals surface area contributed by atoms with Crippen LogP contribution in [0.4, 0.5) is 0 Å². The van der Waals surface area contributed by atoms with Crippen LogP contribution in [0.5, 0.6) is 0 Å². The molecular weight excluding hydrogens is 226 g/mol. The highest BCUT2D eigenvalue weighted by Gasteiger charge is 2.38. The van der Waals surface area contributed by atoms with Crippen molar-refractivity contribution in [3.05, 3.63) is 0 Å². The first-order valence-corrected chi connectivity index (χ1v) is 7.36. The fraction of sp³-hybridized carbons (Fsp3) is 0.933. The Morgan fingerprint density at radius 1 is 1.22 bits per heavy atom. The number of hydrogen-bond donors (Lipinski definition) is 1. The van der Waals surface area contributed by atoms with Crippen molar-refractivity contribution in [1.82, 2.24) is 4.90 Å². The van der Waals surface area contributed by atoms with Crippen molar-refractivity contribution in [3.8, 4) is 0 Å². The Balaban J connectivity index is 1.95. The van der Waals surface area contributed by atoms with E-state index in [1.165, 1.54) is 32.1 Å². The van der Waals surface area contributed by atoms with E-state index in [2.05, 4.69) is 25.7 Å². The average molecular weight is 253 g/mol. The van der Waals surface area contributed by atoms with Crippen LogP contribution in [0.15, 0.2) is 0 Å². The number of hydrogen-bond acceptors (Lipinski definition) is 2. The highest BCUT2D eigenvalue weighted by atomic mass is 16.4. The molecule has 1 N–H and O–H groups in total. The Kier molecular flexibility index (Phi) is 4.00. The molecule has 0 aromatic rings. The predicted octanol–water partition coefficient (Wildman–Crippen LogP) is 3.00. The molecule has 0 spiro atoms. The van der Waals surface area contributed by atoms with Crippen LogP contribution in [0, 0.1) is 17.3 Å². The number of aliphatic carboxylic acids is 1. The molecule has 3 atom stereocenters. The van der Waals surface area contributed by atoms with Crippen molar-refractivity contribution in [2.45, 2.75) is 58.9 Å². The number of likely N-dealkylation sites (tertiary alicyclic amines) is 1. The Morgan fingerprint density at radius 2 is 1.94 bits per heavy atom. The van der Waals surface area contributed by atoms with Crippen LogP contribution in [-0.2, 0) is 4.79 Å². The van der Waals surface area contributed by atoms with Crippen molar-refractivity contribution in [1.29, 1.82) is 0 Å². The molecule has 0 aromatic carbocycles. The molecule has 0 bridgehead atoms. The van der Waals surface area contributed by atoms with Gasteiger partial charge in [0.1, 0.15) is 0 Å². The molecule has 18 heavy (non-hydrogen) atoms. The van der Waals surface area contributed by atoms with E-state index in [0.29, 0.717) is 17.4 Å². The van der Waals surface area contributed by atoms with Crippen molar-refractivity contribution < 1.29 is 9.90 Å². The zero-order valence-electron chi connectivity index (χ0n) is 12.0. The average Bonchev–Trinajstić information content (AvgIpc) is 2.55. The van der Waals surface area contributed by atoms with E-state index in [0.717, 1.165) is 13.1 Å². The summed E-state index contributed by atoms with van der Waals surface area (Å²) in [6, 6.07) is 0.624. The van der Waals surface area contributed by atoms with Crippen molar-refractivity contribution >= 4 is 5.97 Å². The molecule has 104 valence electrons. The zero-order valence-corrected chi connectivity index (χ0v) is 12.0. The van der Waals surface area contributed by atoms with Gasteiger partial charge in [-0.2, -0.15) is 0 Å². The lowest BCUT2D eigenvalue weighted by molar-refractivity contribution is -0.142. The van der Waals surface area contributed by atoms with Crippen LogP contribution in [0.3, 0.4) is 0 Å². The molecule has 2 aliphatic rings. The number of nitrogens with zero attached hydrogens (tertiary/aromatic N) is 1. The number of carbonyl (C=O) groups is 1. The Labute approximate surface area is 111 Å². The van der Waals surface area contributed by atoms with Gasteiger partial charge in [-0.15, -0.1) is 0 Å². The third-order valence-corrected chi connectivity index (χ3v) is 5.02. The molecule has 2 rings (SSSR count). The summed E-state index contributed by atoms with van der Waals surface area (Å²) in [5.41, 5.74) is 0.478. The SMILES string of the molecule is C[C@@H]1CN(C2CCCC(C)(C)CC2)C[C@H]1C(=O)O. The first-order chi connectivity index (χ1) is 8.39. The Hall–Kier alpha value is -0.570. The van der Waals surface area contributed by atoms with Crippen LogP contribution in [-0.4, -0.2) is 35.1 Å². The van der Waals surface area contributed by atoms with Gasteiger partial charge in [0.2, 0.25) is 0 Å². The number of carboxylic acids is 1. The van der Waals surface area contributed by atoms with Gasteiger partial charge in [0, 0.05) is 19.1 Å². The maximum Gasteiger partial charge on any atom is 0.308 e. The van der Waals surface area contributed by atoms with Gasteiger partial charge in [-0.25, -0.2) is 0 Å². The fourth-order valence-electron chi connectivity index (χ4n) is 3.63. The predicted molar refractivity (Wildman–Crippen MR) is 72.5 cm³/mol. The van der Waals surface area contributed by atoms with E-state index in [1.807, 2.05) is 0 Å². The summed E-state index contributed by atoms with van der Waals surface area (Å²) < 4.78 is 0. The van der Waals surface area contributed by atoms with E-state index in [4.69, 9.17) is 0 Å². The smallest absolute Gasteiger partial charge is 0.308 e. The number of rotatable bonds is 2. The molecule has 2 fully saturated rings. The van der Waals surface area contributed by atoms with Gasteiger partial charge < -0.3 is 5.11 Å². The summed E-state index contributed by atoms with van der Waals surface area (Å²) >= 11 is 0. The molecule has 3 nitrogen and oxygen atoms in total. The van der Waals surface area contributed by atoms with E-state index in [1.54, 1.807) is 0 Å². The standard InChI is InChI=1S/C15H27NO2/c1-11-9-16(10-13(11)14(17)18)12-5-4-7-15(2,3)8-6-12/h11-13H,4-10H2,1-3H3,(H,17,18)/t11-,12?,13-/m1/s1. The third-order valence-electron chi connectivity index (χ3n) is 5.02. The Morgan fingerprint density at radius 3 is 2.56 bits per heavy atom. The lowest BCUT2D eigenvalue weighted by Gasteiger charge is -2.27. The maximum atomic E-state index is 11.2. The lowest BCUT2D eigenvalue weighted by atomic mass is 9.85. The molecule has 1 aliphatic heterocycles. The monoisotopic (exact) mass is 253 g/mol. The van der Waals surface area contributed by atoms with Crippen LogP contribution in [0.25, 0.3) is 0 Å². The van der Waals surface area contributed by atoms with Crippen LogP contribution in [0.1, 0.15) is 52.9 Å². The summed E-state index contributed by atoms with van der Waals surface area (Å²) in [6.07, 6.45) is 6.38. The van der Waals surface area contributed by atoms with Gasteiger partial charge in [-0.3, -0.25) is 9.69 Å². The summed E-state index contributed by atoms with van der Waals surface area (Å²) in [5.74, 6) is -0.459. The first-order valence-electron chi connectivity index (χ1n) is 7.36. The minimum absolute atomic E-state index is 0.152. The highest BCUT2D eigenvalue weighted by Crippen LogP contribution is 2.37. The Bertz CT molecular complexity index is 314. The summed E-state index contributed by atoms with van der Waals surface area (Å²) in [6.45, 7) is 8.55.